The van der Waals surface area contributed by atoms with Crippen molar-refractivity contribution in [3.63, 3.8) is 0 Å². The van der Waals surface area contributed by atoms with E-state index in [1.165, 1.54) is 0 Å². The van der Waals surface area contributed by atoms with Crippen molar-refractivity contribution in [1.29, 1.82) is 0 Å². The van der Waals surface area contributed by atoms with E-state index in [9.17, 15) is 5.11 Å². The van der Waals surface area contributed by atoms with Gasteiger partial charge in [-0.15, -0.1) is 0 Å². The first-order valence-corrected chi connectivity index (χ1v) is 4.40. The Morgan fingerprint density at radius 2 is 1.83 bits per heavy atom. The Morgan fingerprint density at radius 1 is 1.33 bits per heavy atom. The third kappa shape index (κ3) is 1.37. The highest BCUT2D eigenvalue weighted by atomic mass is 16.5. The van der Waals surface area contributed by atoms with E-state index in [1.54, 1.807) is 7.11 Å². The number of methoxy groups -OCH3 is 1. The highest BCUT2D eigenvalue weighted by Gasteiger charge is 2.47. The molecule has 1 saturated heterocycles. The van der Waals surface area contributed by atoms with Gasteiger partial charge in [0.05, 0.1) is 11.2 Å². The van der Waals surface area contributed by atoms with Crippen LogP contribution in [0.4, 0.5) is 0 Å². The number of hydrogen-bond donors (Lipinski definition) is 2. The van der Waals surface area contributed by atoms with E-state index in [4.69, 9.17) is 4.74 Å². The molecule has 0 aromatic heterocycles. The van der Waals surface area contributed by atoms with Gasteiger partial charge in [-0.25, -0.2) is 0 Å². The van der Waals surface area contributed by atoms with Crippen molar-refractivity contribution in [3.8, 4) is 0 Å². The van der Waals surface area contributed by atoms with Crippen LogP contribution in [0.3, 0.4) is 0 Å². The van der Waals surface area contributed by atoms with Crippen molar-refractivity contribution in [1.82, 2.24) is 5.32 Å². The van der Waals surface area contributed by atoms with E-state index in [-0.39, 0.29) is 0 Å². The Morgan fingerprint density at radius 3 is 2.08 bits per heavy atom. The molecule has 12 heavy (non-hydrogen) atoms. The lowest BCUT2D eigenvalue weighted by Gasteiger charge is -2.48. The summed E-state index contributed by atoms with van der Waals surface area (Å²) in [7, 11) is 1.64. The van der Waals surface area contributed by atoms with Crippen molar-refractivity contribution < 1.29 is 9.84 Å². The van der Waals surface area contributed by atoms with E-state index in [1.807, 2.05) is 20.8 Å². The van der Waals surface area contributed by atoms with Crippen LogP contribution in [0, 0.1) is 5.92 Å². The molecule has 0 aromatic rings. The summed E-state index contributed by atoms with van der Waals surface area (Å²) in [5.41, 5.74) is -1.22. The van der Waals surface area contributed by atoms with Crippen LogP contribution in [-0.4, -0.2) is 36.5 Å². The number of hydrogen-bond acceptors (Lipinski definition) is 3. The van der Waals surface area contributed by atoms with Crippen LogP contribution in [0.25, 0.3) is 0 Å². The van der Waals surface area contributed by atoms with Gasteiger partial charge in [-0.1, -0.05) is 0 Å². The molecule has 0 aliphatic carbocycles. The molecule has 1 aliphatic rings. The summed E-state index contributed by atoms with van der Waals surface area (Å²) in [4.78, 5) is 0. The average molecular weight is 173 g/mol. The first-order chi connectivity index (χ1) is 5.42. The summed E-state index contributed by atoms with van der Waals surface area (Å²) in [6, 6.07) is 0. The Bertz CT molecular complexity index is 162. The molecule has 3 nitrogen and oxygen atoms in total. The zero-order valence-corrected chi connectivity index (χ0v) is 8.35. The van der Waals surface area contributed by atoms with Gasteiger partial charge in [0.1, 0.15) is 0 Å². The fourth-order valence-electron chi connectivity index (χ4n) is 1.38. The lowest BCUT2D eigenvalue weighted by Crippen LogP contribution is -2.63. The van der Waals surface area contributed by atoms with Crippen LogP contribution in [0.1, 0.15) is 20.8 Å². The molecule has 0 amide bonds. The highest BCUT2D eigenvalue weighted by Crippen LogP contribution is 2.33. The summed E-state index contributed by atoms with van der Waals surface area (Å²) in [6.07, 6.45) is 0. The lowest BCUT2D eigenvalue weighted by atomic mass is 9.74. The number of ether oxygens (including phenoxy) is 1. The molecule has 1 heterocycles. The van der Waals surface area contributed by atoms with Crippen LogP contribution < -0.4 is 5.32 Å². The molecule has 1 aliphatic heterocycles. The Labute approximate surface area is 74.1 Å². The molecular weight excluding hydrogens is 154 g/mol. The van der Waals surface area contributed by atoms with Gasteiger partial charge in [-0.3, -0.25) is 0 Å². The molecule has 0 bridgehead atoms. The molecule has 1 rings (SSSR count). The minimum Gasteiger partial charge on any atom is -0.387 e. The molecular formula is C9H19NO2. The summed E-state index contributed by atoms with van der Waals surface area (Å²) in [5, 5.41) is 13.3. The van der Waals surface area contributed by atoms with Crippen molar-refractivity contribution in [2.75, 3.05) is 20.2 Å². The molecule has 0 saturated carbocycles. The molecule has 3 heteroatoms. The Kier molecular flexibility index (Phi) is 2.47. The highest BCUT2D eigenvalue weighted by molar-refractivity contribution is 5.01. The second-order valence-corrected chi connectivity index (χ2v) is 4.22. The van der Waals surface area contributed by atoms with Crippen molar-refractivity contribution in [3.05, 3.63) is 0 Å². The van der Waals surface area contributed by atoms with Crippen LogP contribution in [0.2, 0.25) is 0 Å². The summed E-state index contributed by atoms with van der Waals surface area (Å²) in [6.45, 7) is 7.47. The van der Waals surface area contributed by atoms with Crippen LogP contribution in [-0.2, 0) is 4.74 Å². The third-order valence-electron chi connectivity index (χ3n) is 3.31. The number of rotatable bonds is 3. The zero-order valence-electron chi connectivity index (χ0n) is 8.35. The molecule has 1 fully saturated rings. The first-order valence-electron chi connectivity index (χ1n) is 4.40. The fraction of sp³-hybridized carbons (Fsp3) is 1.00. The van der Waals surface area contributed by atoms with Gasteiger partial charge < -0.3 is 15.2 Å². The van der Waals surface area contributed by atoms with Gasteiger partial charge in [-0.2, -0.15) is 0 Å². The van der Waals surface area contributed by atoms with Gasteiger partial charge in [0.2, 0.25) is 0 Å². The third-order valence-corrected chi connectivity index (χ3v) is 3.31. The van der Waals surface area contributed by atoms with Gasteiger partial charge in [0.15, 0.2) is 0 Å². The first kappa shape index (κ1) is 9.96. The maximum atomic E-state index is 10.2. The molecule has 1 unspecified atom stereocenters. The zero-order chi connectivity index (χ0) is 9.41. The average Bonchev–Trinajstić information content (AvgIpc) is 1.82. The molecule has 2 N–H and O–H groups in total. The fourth-order valence-corrected chi connectivity index (χ4v) is 1.38. The Balaban J connectivity index is 2.68. The maximum Gasteiger partial charge on any atom is 0.0954 e. The van der Waals surface area contributed by atoms with Gasteiger partial charge in [-0.05, 0) is 20.8 Å². The molecule has 1 atom stereocenters. The van der Waals surface area contributed by atoms with E-state index in [0.29, 0.717) is 5.92 Å². The topological polar surface area (TPSA) is 41.5 Å². The van der Waals surface area contributed by atoms with Gasteiger partial charge in [0.25, 0.3) is 0 Å². The van der Waals surface area contributed by atoms with Crippen LogP contribution >= 0.6 is 0 Å². The van der Waals surface area contributed by atoms with Crippen molar-refractivity contribution >= 4 is 0 Å². The minimum absolute atomic E-state index is 0.312. The minimum atomic E-state index is -0.743. The van der Waals surface area contributed by atoms with E-state index in [2.05, 4.69) is 5.32 Å². The quantitative estimate of drug-likeness (QED) is 0.648. The molecule has 0 radical (unpaired) electrons. The van der Waals surface area contributed by atoms with Gasteiger partial charge in [0, 0.05) is 26.1 Å². The summed E-state index contributed by atoms with van der Waals surface area (Å²) < 4.78 is 5.28. The SMILES string of the molecule is COC(C)(C)C(C)(O)C1CNC1. The standard InChI is InChI=1S/C9H19NO2/c1-8(2,12-4)9(3,11)7-5-10-6-7/h7,10-11H,5-6H2,1-4H3. The summed E-state index contributed by atoms with van der Waals surface area (Å²) in [5.74, 6) is 0.312. The monoisotopic (exact) mass is 173 g/mol. The van der Waals surface area contributed by atoms with Gasteiger partial charge >= 0.3 is 0 Å². The molecule has 0 aromatic carbocycles. The van der Waals surface area contributed by atoms with E-state index < -0.39 is 11.2 Å². The van der Waals surface area contributed by atoms with Crippen molar-refractivity contribution in [2.45, 2.75) is 32.0 Å². The van der Waals surface area contributed by atoms with Crippen molar-refractivity contribution in [2.24, 2.45) is 5.92 Å². The maximum absolute atomic E-state index is 10.2. The largest absolute Gasteiger partial charge is 0.387 e. The van der Waals surface area contributed by atoms with E-state index in [0.717, 1.165) is 13.1 Å². The number of nitrogens with one attached hydrogen (secondary N) is 1. The molecule has 0 spiro atoms. The van der Waals surface area contributed by atoms with E-state index >= 15 is 0 Å². The van der Waals surface area contributed by atoms with Crippen LogP contribution in [0.15, 0.2) is 0 Å². The predicted octanol–water partition coefficient (Wildman–Crippen LogP) is 0.382. The second kappa shape index (κ2) is 2.98. The predicted molar refractivity (Wildman–Crippen MR) is 48.1 cm³/mol. The Hall–Kier alpha value is -0.120. The molecule has 72 valence electrons. The second-order valence-electron chi connectivity index (χ2n) is 4.22. The van der Waals surface area contributed by atoms with Crippen LogP contribution in [0.5, 0.6) is 0 Å². The number of aliphatic hydroxyl groups is 1. The lowest BCUT2D eigenvalue weighted by molar-refractivity contribution is -0.176. The smallest absolute Gasteiger partial charge is 0.0954 e. The normalized spacial score (nSPS) is 24.8. The summed E-state index contributed by atoms with van der Waals surface area (Å²) >= 11 is 0.